The van der Waals surface area contributed by atoms with Crippen molar-refractivity contribution < 1.29 is 4.39 Å². The molecule has 0 saturated carbocycles. The number of rotatable bonds is 4. The number of pyridine rings is 1. The Morgan fingerprint density at radius 1 is 1.27 bits per heavy atom. The molecule has 8 heteroatoms. The van der Waals surface area contributed by atoms with Gasteiger partial charge in [-0.3, -0.25) is 18.7 Å². The van der Waals surface area contributed by atoms with Crippen molar-refractivity contribution in [1.82, 2.24) is 14.1 Å². The van der Waals surface area contributed by atoms with Gasteiger partial charge in [0.25, 0.3) is 11.1 Å². The van der Waals surface area contributed by atoms with Crippen molar-refractivity contribution in [2.75, 3.05) is 5.32 Å². The molecule has 0 amide bonds. The number of halogens is 2. The molecule has 0 saturated heterocycles. The van der Waals surface area contributed by atoms with Crippen LogP contribution >= 0.6 is 11.6 Å². The van der Waals surface area contributed by atoms with Crippen molar-refractivity contribution in [2.45, 2.75) is 26.8 Å². The van der Waals surface area contributed by atoms with Crippen LogP contribution in [-0.2, 0) is 13.6 Å². The van der Waals surface area contributed by atoms with Crippen molar-refractivity contribution in [3.63, 3.8) is 0 Å². The summed E-state index contributed by atoms with van der Waals surface area (Å²) in [6, 6.07) is 4.61. The normalized spacial score (nSPS) is 11.1. The summed E-state index contributed by atoms with van der Waals surface area (Å²) in [4.78, 5) is 29.5. The molecule has 0 bridgehead atoms. The number of aryl methyl sites for hydroxylation is 3. The van der Waals surface area contributed by atoms with Crippen LogP contribution in [0.4, 0.5) is 15.8 Å². The first-order valence-corrected chi connectivity index (χ1v) is 8.53. The zero-order valence-electron chi connectivity index (χ0n) is 14.6. The number of hydrogen-bond acceptors (Lipinski definition) is 4. The van der Waals surface area contributed by atoms with E-state index in [1.165, 1.54) is 34.6 Å². The standard InChI is InChI=1S/C18H18ClFN4O2/c1-4-7-24-9-21-16-13(17(24)25)15(14(19)18(26)23(16)3)22-12-6-5-10(2)8-11(12)20/h5-6,8-9,22H,4,7H2,1-3H3. The Kier molecular flexibility index (Phi) is 4.82. The molecule has 3 rings (SSSR count). The molecular weight excluding hydrogens is 359 g/mol. The third-order valence-corrected chi connectivity index (χ3v) is 4.50. The third-order valence-electron chi connectivity index (χ3n) is 4.15. The van der Waals surface area contributed by atoms with Crippen molar-refractivity contribution in [3.8, 4) is 0 Å². The molecule has 0 aliphatic heterocycles. The maximum Gasteiger partial charge on any atom is 0.272 e. The fraction of sp³-hybridized carbons (Fsp3) is 0.278. The van der Waals surface area contributed by atoms with Crippen LogP contribution in [0.3, 0.4) is 0 Å². The summed E-state index contributed by atoms with van der Waals surface area (Å²) in [7, 11) is 1.49. The molecule has 136 valence electrons. The van der Waals surface area contributed by atoms with Crippen molar-refractivity contribution in [1.29, 1.82) is 0 Å². The predicted octanol–water partition coefficient (Wildman–Crippen LogP) is 3.35. The highest BCUT2D eigenvalue weighted by Gasteiger charge is 2.19. The van der Waals surface area contributed by atoms with E-state index in [1.54, 1.807) is 13.0 Å². The maximum absolute atomic E-state index is 14.3. The zero-order chi connectivity index (χ0) is 19.0. The van der Waals surface area contributed by atoms with Gasteiger partial charge in [0.15, 0.2) is 5.65 Å². The molecular formula is C18H18ClFN4O2. The molecule has 0 radical (unpaired) electrons. The maximum atomic E-state index is 14.3. The number of benzene rings is 1. The van der Waals surface area contributed by atoms with Gasteiger partial charge in [-0.15, -0.1) is 0 Å². The van der Waals surface area contributed by atoms with Gasteiger partial charge < -0.3 is 5.32 Å². The van der Waals surface area contributed by atoms with Crippen LogP contribution < -0.4 is 16.4 Å². The topological polar surface area (TPSA) is 68.9 Å². The summed E-state index contributed by atoms with van der Waals surface area (Å²) in [5.41, 5.74) is 0.262. The minimum absolute atomic E-state index is 0.0653. The van der Waals surface area contributed by atoms with E-state index in [4.69, 9.17) is 11.6 Å². The Morgan fingerprint density at radius 3 is 2.65 bits per heavy atom. The number of hydrogen-bond donors (Lipinski definition) is 1. The number of nitrogens with one attached hydrogen (secondary N) is 1. The summed E-state index contributed by atoms with van der Waals surface area (Å²) in [6.45, 7) is 4.17. The van der Waals surface area contributed by atoms with E-state index in [0.29, 0.717) is 6.54 Å². The van der Waals surface area contributed by atoms with E-state index in [0.717, 1.165) is 12.0 Å². The molecule has 0 aliphatic carbocycles. The van der Waals surface area contributed by atoms with Gasteiger partial charge >= 0.3 is 0 Å². The van der Waals surface area contributed by atoms with Crippen LogP contribution in [0.2, 0.25) is 5.02 Å². The Morgan fingerprint density at radius 2 is 2.00 bits per heavy atom. The summed E-state index contributed by atoms with van der Waals surface area (Å²) in [5, 5.41) is 2.77. The van der Waals surface area contributed by atoms with Gasteiger partial charge in [-0.25, -0.2) is 9.37 Å². The molecule has 6 nitrogen and oxygen atoms in total. The van der Waals surface area contributed by atoms with Crippen molar-refractivity contribution in [2.24, 2.45) is 7.05 Å². The lowest BCUT2D eigenvalue weighted by molar-refractivity contribution is 0.630. The highest BCUT2D eigenvalue weighted by atomic mass is 35.5. The molecule has 0 spiro atoms. The lowest BCUT2D eigenvalue weighted by Crippen LogP contribution is -2.27. The van der Waals surface area contributed by atoms with Gasteiger partial charge in [0.1, 0.15) is 16.2 Å². The highest BCUT2D eigenvalue weighted by Crippen LogP contribution is 2.29. The Labute approximate surface area is 153 Å². The third kappa shape index (κ3) is 2.99. The number of nitrogens with zero attached hydrogens (tertiary/aromatic N) is 3. The van der Waals surface area contributed by atoms with Crippen LogP contribution in [0.15, 0.2) is 34.1 Å². The van der Waals surface area contributed by atoms with Crippen LogP contribution in [0.1, 0.15) is 18.9 Å². The van der Waals surface area contributed by atoms with Gasteiger partial charge in [0.05, 0.1) is 17.7 Å². The first-order valence-electron chi connectivity index (χ1n) is 8.16. The van der Waals surface area contributed by atoms with E-state index in [2.05, 4.69) is 10.3 Å². The average molecular weight is 377 g/mol. The fourth-order valence-electron chi connectivity index (χ4n) is 2.79. The number of fused-ring (bicyclic) bond motifs is 1. The largest absolute Gasteiger partial charge is 0.351 e. The second kappa shape index (κ2) is 6.92. The van der Waals surface area contributed by atoms with Crippen LogP contribution in [0, 0.1) is 12.7 Å². The second-order valence-corrected chi connectivity index (χ2v) is 6.48. The second-order valence-electron chi connectivity index (χ2n) is 6.10. The van der Waals surface area contributed by atoms with Gasteiger partial charge in [-0.1, -0.05) is 24.6 Å². The van der Waals surface area contributed by atoms with Crippen molar-refractivity contribution in [3.05, 3.63) is 61.6 Å². The first kappa shape index (κ1) is 18.1. The van der Waals surface area contributed by atoms with Crippen molar-refractivity contribution >= 4 is 34.0 Å². The van der Waals surface area contributed by atoms with Crippen LogP contribution in [0.5, 0.6) is 0 Å². The number of anilines is 2. The predicted molar refractivity (Wildman–Crippen MR) is 101 cm³/mol. The smallest absolute Gasteiger partial charge is 0.272 e. The van der Waals surface area contributed by atoms with Gasteiger partial charge in [0, 0.05) is 13.6 Å². The summed E-state index contributed by atoms with van der Waals surface area (Å²) in [5.74, 6) is -0.507. The van der Waals surface area contributed by atoms with E-state index < -0.39 is 11.4 Å². The lowest BCUT2D eigenvalue weighted by Gasteiger charge is -2.15. The van der Waals surface area contributed by atoms with E-state index >= 15 is 0 Å². The Bertz CT molecular complexity index is 1120. The van der Waals surface area contributed by atoms with E-state index in [-0.39, 0.29) is 33.0 Å². The first-order chi connectivity index (χ1) is 12.3. The molecule has 26 heavy (non-hydrogen) atoms. The summed E-state index contributed by atoms with van der Waals surface area (Å²) < 4.78 is 16.9. The van der Waals surface area contributed by atoms with Gasteiger partial charge in [0.2, 0.25) is 0 Å². The van der Waals surface area contributed by atoms with Gasteiger partial charge in [-0.05, 0) is 31.0 Å². The molecule has 2 aromatic heterocycles. The summed E-state index contributed by atoms with van der Waals surface area (Å²) in [6.07, 6.45) is 2.14. The molecule has 0 unspecified atom stereocenters. The summed E-state index contributed by atoms with van der Waals surface area (Å²) >= 11 is 6.22. The molecule has 0 fully saturated rings. The zero-order valence-corrected chi connectivity index (χ0v) is 15.4. The minimum atomic E-state index is -0.519. The van der Waals surface area contributed by atoms with Crippen LogP contribution in [0.25, 0.3) is 11.0 Å². The minimum Gasteiger partial charge on any atom is -0.351 e. The quantitative estimate of drug-likeness (QED) is 0.758. The van der Waals surface area contributed by atoms with Crippen LogP contribution in [-0.4, -0.2) is 14.1 Å². The highest BCUT2D eigenvalue weighted by molar-refractivity contribution is 6.34. The fourth-order valence-corrected chi connectivity index (χ4v) is 3.06. The Hall–Kier alpha value is -2.67. The monoisotopic (exact) mass is 376 g/mol. The molecule has 1 aromatic carbocycles. The molecule has 0 aliphatic rings. The average Bonchev–Trinajstić information content (AvgIpc) is 2.60. The van der Waals surface area contributed by atoms with E-state index in [1.807, 2.05) is 6.92 Å². The van der Waals surface area contributed by atoms with E-state index in [9.17, 15) is 14.0 Å². The van der Waals surface area contributed by atoms with Gasteiger partial charge in [-0.2, -0.15) is 0 Å². The molecule has 2 heterocycles. The lowest BCUT2D eigenvalue weighted by atomic mass is 10.2. The number of aromatic nitrogens is 3. The Balaban J connectivity index is 2.34. The molecule has 0 atom stereocenters. The molecule has 3 aromatic rings. The SMILES string of the molecule is CCCn1cnc2c(c(Nc3ccc(C)cc3F)c(Cl)c(=O)n2C)c1=O. The molecule has 1 N–H and O–H groups in total.